The predicted molar refractivity (Wildman–Crippen MR) is 85.5 cm³/mol. The van der Waals surface area contributed by atoms with Gasteiger partial charge in [0.25, 0.3) is 0 Å². The molecule has 1 amide bonds. The number of anilines is 1. The Hall–Kier alpha value is -2.43. The summed E-state index contributed by atoms with van der Waals surface area (Å²) in [7, 11) is 0. The van der Waals surface area contributed by atoms with Gasteiger partial charge in [0.2, 0.25) is 5.91 Å². The van der Waals surface area contributed by atoms with E-state index in [4.69, 9.17) is 0 Å². The van der Waals surface area contributed by atoms with E-state index in [0.717, 1.165) is 22.5 Å². The maximum absolute atomic E-state index is 12.0. The summed E-state index contributed by atoms with van der Waals surface area (Å²) in [5.41, 5.74) is 4.33. The van der Waals surface area contributed by atoms with Gasteiger partial charge in [0.1, 0.15) is 0 Å². The highest BCUT2D eigenvalue weighted by molar-refractivity contribution is 6.13. The number of carbonyl (C=O) groups is 2. The molecule has 1 aromatic carbocycles. The molecule has 0 atom stereocenters. The fourth-order valence-corrected chi connectivity index (χ4v) is 1.78. The van der Waals surface area contributed by atoms with Crippen molar-refractivity contribution in [3.63, 3.8) is 0 Å². The molecule has 0 aliphatic rings. The molecule has 5 nitrogen and oxygen atoms in total. The number of nitrogens with one attached hydrogen (secondary N) is 2. The van der Waals surface area contributed by atoms with Crippen molar-refractivity contribution in [2.24, 2.45) is 4.99 Å². The monoisotopic (exact) mass is 287 g/mol. The summed E-state index contributed by atoms with van der Waals surface area (Å²) in [6, 6.07) is 5.87. The number of benzene rings is 1. The van der Waals surface area contributed by atoms with Crippen molar-refractivity contribution in [1.29, 1.82) is 0 Å². The fourth-order valence-electron chi connectivity index (χ4n) is 1.78. The molecule has 0 aliphatic carbocycles. The van der Waals surface area contributed by atoms with Crippen molar-refractivity contribution in [2.75, 3.05) is 11.9 Å². The van der Waals surface area contributed by atoms with Gasteiger partial charge in [-0.1, -0.05) is 18.2 Å². The molecular weight excluding hydrogens is 266 g/mol. The summed E-state index contributed by atoms with van der Waals surface area (Å²) in [4.78, 5) is 26.1. The van der Waals surface area contributed by atoms with Crippen molar-refractivity contribution in [3.05, 3.63) is 40.7 Å². The van der Waals surface area contributed by atoms with Crippen molar-refractivity contribution in [1.82, 2.24) is 5.32 Å². The molecule has 0 saturated carbocycles. The van der Waals surface area contributed by atoms with Crippen LogP contribution in [0.5, 0.6) is 0 Å². The molecule has 0 aromatic heterocycles. The van der Waals surface area contributed by atoms with Crippen LogP contribution in [-0.2, 0) is 9.59 Å². The normalized spacial score (nSPS) is 12.0. The van der Waals surface area contributed by atoms with Crippen LogP contribution in [0.25, 0.3) is 0 Å². The van der Waals surface area contributed by atoms with E-state index in [9.17, 15) is 9.59 Å². The van der Waals surface area contributed by atoms with Crippen molar-refractivity contribution in [3.8, 4) is 0 Å². The molecule has 0 heterocycles. The molecule has 0 spiro atoms. The maximum atomic E-state index is 12.0. The Morgan fingerprint density at radius 2 is 1.86 bits per heavy atom. The van der Waals surface area contributed by atoms with Gasteiger partial charge in [0, 0.05) is 11.4 Å². The third-order valence-corrected chi connectivity index (χ3v) is 3.13. The first-order chi connectivity index (χ1) is 9.95. The minimum absolute atomic E-state index is 0.126. The third-order valence-electron chi connectivity index (χ3n) is 3.13. The summed E-state index contributed by atoms with van der Waals surface area (Å²) in [6.45, 7) is 7.64. The summed E-state index contributed by atoms with van der Waals surface area (Å²) >= 11 is 0. The van der Waals surface area contributed by atoms with Crippen LogP contribution in [-0.4, -0.2) is 25.0 Å². The molecule has 1 rings (SSSR count). The average Bonchev–Trinajstić information content (AvgIpc) is 2.46. The number of amides is 1. The molecule has 0 unspecified atom stereocenters. The predicted octanol–water partition coefficient (Wildman–Crippen LogP) is 2.35. The van der Waals surface area contributed by atoms with Crippen molar-refractivity contribution >= 4 is 24.1 Å². The summed E-state index contributed by atoms with van der Waals surface area (Å²) in [5, 5.41) is 5.89. The molecule has 112 valence electrons. The number of para-hydroxylation sites is 1. The zero-order valence-corrected chi connectivity index (χ0v) is 12.9. The summed E-state index contributed by atoms with van der Waals surface area (Å²) in [5.74, 6) is -0.126. The topological polar surface area (TPSA) is 70.6 Å². The first-order valence-electron chi connectivity index (χ1n) is 6.71. The lowest BCUT2D eigenvalue weighted by Gasteiger charge is -2.13. The van der Waals surface area contributed by atoms with E-state index in [1.54, 1.807) is 6.92 Å². The number of aldehydes is 1. The van der Waals surface area contributed by atoms with Crippen LogP contribution in [0.1, 0.15) is 25.0 Å². The molecule has 0 bridgehead atoms. The zero-order valence-electron chi connectivity index (χ0n) is 12.9. The lowest BCUT2D eigenvalue weighted by atomic mass is 10.1. The average molecular weight is 287 g/mol. The zero-order chi connectivity index (χ0) is 15.8. The SMILES string of the molecule is CC(/N=C\C=O)=C(\C)NCC(=O)Nc1c(C)cccc1C. The molecule has 0 fully saturated rings. The quantitative estimate of drug-likeness (QED) is 0.623. The number of aliphatic imine (C=N–C) groups is 1. The largest absolute Gasteiger partial charge is 0.378 e. The first-order valence-corrected chi connectivity index (χ1v) is 6.71. The Morgan fingerprint density at radius 3 is 2.43 bits per heavy atom. The van der Waals surface area contributed by atoms with Crippen molar-refractivity contribution < 1.29 is 9.59 Å². The highest BCUT2D eigenvalue weighted by Gasteiger charge is 2.07. The van der Waals surface area contributed by atoms with Gasteiger partial charge in [0.05, 0.1) is 18.5 Å². The van der Waals surface area contributed by atoms with Crippen LogP contribution in [0, 0.1) is 13.8 Å². The molecule has 1 aromatic rings. The third kappa shape index (κ3) is 5.22. The maximum Gasteiger partial charge on any atom is 0.243 e. The van der Waals surface area contributed by atoms with E-state index in [0.29, 0.717) is 12.0 Å². The number of hydrogen-bond acceptors (Lipinski definition) is 4. The molecule has 0 aliphatic heterocycles. The summed E-state index contributed by atoms with van der Waals surface area (Å²) < 4.78 is 0. The highest BCUT2D eigenvalue weighted by Crippen LogP contribution is 2.19. The summed E-state index contributed by atoms with van der Waals surface area (Å²) in [6.07, 6.45) is 1.79. The second-order valence-electron chi connectivity index (χ2n) is 4.79. The Bertz CT molecular complexity index is 569. The van der Waals surface area contributed by atoms with Gasteiger partial charge in [-0.05, 0) is 38.8 Å². The van der Waals surface area contributed by atoms with E-state index in [2.05, 4.69) is 15.6 Å². The Morgan fingerprint density at radius 1 is 1.24 bits per heavy atom. The van der Waals surface area contributed by atoms with Gasteiger partial charge in [-0.25, -0.2) is 0 Å². The minimum atomic E-state index is -0.126. The molecule has 0 radical (unpaired) electrons. The van der Waals surface area contributed by atoms with Gasteiger partial charge in [-0.2, -0.15) is 0 Å². The molecule has 0 saturated heterocycles. The Kier molecular flexibility index (Phi) is 6.33. The van der Waals surface area contributed by atoms with E-state index < -0.39 is 0 Å². The molecule has 2 N–H and O–H groups in total. The number of allylic oxidation sites excluding steroid dienone is 2. The van der Waals surface area contributed by atoms with Gasteiger partial charge >= 0.3 is 0 Å². The smallest absolute Gasteiger partial charge is 0.243 e. The number of rotatable bonds is 6. The van der Waals surface area contributed by atoms with Crippen LogP contribution in [0.3, 0.4) is 0 Å². The Labute approximate surface area is 125 Å². The molecular formula is C16H21N3O2. The van der Waals surface area contributed by atoms with Crippen LogP contribution in [0.15, 0.2) is 34.6 Å². The van der Waals surface area contributed by atoms with Gasteiger partial charge < -0.3 is 10.6 Å². The van der Waals surface area contributed by atoms with E-state index in [1.807, 2.05) is 39.0 Å². The second-order valence-corrected chi connectivity index (χ2v) is 4.79. The Balaban J connectivity index is 2.63. The van der Waals surface area contributed by atoms with Gasteiger partial charge in [-0.15, -0.1) is 0 Å². The number of hydrogen-bond donors (Lipinski definition) is 2. The number of carbonyl (C=O) groups excluding carboxylic acids is 2. The van der Waals surface area contributed by atoms with Gasteiger partial charge in [-0.3, -0.25) is 14.6 Å². The second kappa shape index (κ2) is 7.99. The first kappa shape index (κ1) is 16.6. The lowest BCUT2D eigenvalue weighted by Crippen LogP contribution is -2.28. The van der Waals surface area contributed by atoms with E-state index >= 15 is 0 Å². The standard InChI is InChI=1S/C16H21N3O2/c1-11-6-5-7-12(2)16(11)19-15(21)10-18-14(4)13(3)17-8-9-20/h5-9,18H,10H2,1-4H3,(H,19,21)/b14-13-,17-8-. The van der Waals surface area contributed by atoms with E-state index in [-0.39, 0.29) is 12.5 Å². The van der Waals surface area contributed by atoms with Crippen LogP contribution < -0.4 is 10.6 Å². The molecule has 21 heavy (non-hydrogen) atoms. The van der Waals surface area contributed by atoms with Crippen molar-refractivity contribution in [2.45, 2.75) is 27.7 Å². The van der Waals surface area contributed by atoms with Crippen LogP contribution in [0.4, 0.5) is 5.69 Å². The van der Waals surface area contributed by atoms with Crippen LogP contribution in [0.2, 0.25) is 0 Å². The van der Waals surface area contributed by atoms with Crippen LogP contribution >= 0.6 is 0 Å². The lowest BCUT2D eigenvalue weighted by molar-refractivity contribution is -0.115. The number of nitrogens with zero attached hydrogens (tertiary/aromatic N) is 1. The molecule has 5 heteroatoms. The minimum Gasteiger partial charge on any atom is -0.378 e. The van der Waals surface area contributed by atoms with E-state index in [1.165, 1.54) is 6.21 Å². The number of aryl methyl sites for hydroxylation is 2. The fraction of sp³-hybridized carbons (Fsp3) is 0.312. The van der Waals surface area contributed by atoms with Gasteiger partial charge in [0.15, 0.2) is 6.29 Å². The highest BCUT2D eigenvalue weighted by atomic mass is 16.1.